The lowest BCUT2D eigenvalue weighted by Gasteiger charge is -2.26. The molecule has 1 aromatic rings. The molecule has 2 aliphatic heterocycles. The summed E-state index contributed by atoms with van der Waals surface area (Å²) < 4.78 is 50.7. The molecule has 3 heterocycles. The Hall–Kier alpha value is -1.19. The van der Waals surface area contributed by atoms with Crippen molar-refractivity contribution >= 4 is 17.5 Å². The zero-order chi connectivity index (χ0) is 16.9. The van der Waals surface area contributed by atoms with Crippen LogP contribution < -0.4 is 0 Å². The fourth-order valence-electron chi connectivity index (χ4n) is 3.32. The predicted molar refractivity (Wildman–Crippen MR) is 77.6 cm³/mol. The van der Waals surface area contributed by atoms with Crippen LogP contribution in [-0.2, 0) is 33.3 Å². The van der Waals surface area contributed by atoms with Gasteiger partial charge in [-0.2, -0.15) is 13.2 Å². The van der Waals surface area contributed by atoms with Gasteiger partial charge in [0.1, 0.15) is 0 Å². The molecule has 0 radical (unpaired) electrons. The van der Waals surface area contributed by atoms with Crippen LogP contribution in [0.3, 0.4) is 0 Å². The summed E-state index contributed by atoms with van der Waals surface area (Å²) in [4.78, 5) is 19.9. The second-order valence-corrected chi connectivity index (χ2v) is 7.36. The van der Waals surface area contributed by atoms with Crippen molar-refractivity contribution in [2.24, 2.45) is 0 Å². The SMILES string of the molecule is O=C1C[C@@H](Sc2nc3c(c(C(F)(F)F)n2)CCCC3)[C@@H]2CO[C@H]1O2. The van der Waals surface area contributed by atoms with E-state index >= 15 is 0 Å². The molecule has 9 heteroatoms. The van der Waals surface area contributed by atoms with Gasteiger partial charge in [-0.1, -0.05) is 11.8 Å². The summed E-state index contributed by atoms with van der Waals surface area (Å²) in [5, 5.41) is -0.256. The first kappa shape index (κ1) is 16.3. The van der Waals surface area contributed by atoms with Crippen molar-refractivity contribution in [2.45, 2.75) is 61.1 Å². The van der Waals surface area contributed by atoms with E-state index in [0.717, 1.165) is 24.6 Å². The number of rotatable bonds is 2. The summed E-state index contributed by atoms with van der Waals surface area (Å²) in [6.07, 6.45) is -3.00. The minimum atomic E-state index is -4.50. The van der Waals surface area contributed by atoms with Gasteiger partial charge >= 0.3 is 6.18 Å². The largest absolute Gasteiger partial charge is 0.433 e. The van der Waals surface area contributed by atoms with Gasteiger partial charge < -0.3 is 9.47 Å². The first-order valence-electron chi connectivity index (χ1n) is 7.85. The van der Waals surface area contributed by atoms with Gasteiger partial charge in [0.05, 0.1) is 12.7 Å². The Morgan fingerprint density at radius 1 is 1.17 bits per heavy atom. The molecule has 0 spiro atoms. The third-order valence-electron chi connectivity index (χ3n) is 4.48. The van der Waals surface area contributed by atoms with Gasteiger partial charge in [-0.3, -0.25) is 4.79 Å². The number of carbonyl (C=O) groups excluding carboxylic acids is 1. The van der Waals surface area contributed by atoms with Crippen LogP contribution in [0.2, 0.25) is 0 Å². The van der Waals surface area contributed by atoms with Gasteiger partial charge in [0.15, 0.2) is 16.6 Å². The Kier molecular flexibility index (Phi) is 4.04. The summed E-state index contributed by atoms with van der Waals surface area (Å²) in [6, 6.07) is 0. The fourth-order valence-corrected chi connectivity index (χ4v) is 4.44. The lowest BCUT2D eigenvalue weighted by molar-refractivity contribution is -0.151. The van der Waals surface area contributed by atoms with Crippen LogP contribution in [0, 0.1) is 0 Å². The number of ether oxygens (including phenoxy) is 2. The molecular weight excluding hydrogens is 345 g/mol. The molecule has 2 saturated heterocycles. The van der Waals surface area contributed by atoms with Crippen molar-refractivity contribution < 1.29 is 27.4 Å². The minimum Gasteiger partial charge on any atom is -0.343 e. The lowest BCUT2D eigenvalue weighted by atomic mass is 9.94. The molecule has 0 aromatic carbocycles. The third-order valence-corrected chi connectivity index (χ3v) is 5.64. The maximum atomic E-state index is 13.3. The Labute approximate surface area is 140 Å². The van der Waals surface area contributed by atoms with Gasteiger partial charge in [0.25, 0.3) is 0 Å². The number of alkyl halides is 3. The fraction of sp³-hybridized carbons (Fsp3) is 0.667. The van der Waals surface area contributed by atoms with E-state index < -0.39 is 18.2 Å². The normalized spacial score (nSPS) is 29.6. The smallest absolute Gasteiger partial charge is 0.343 e. The molecule has 0 saturated carbocycles. The number of carbonyl (C=O) groups is 1. The van der Waals surface area contributed by atoms with E-state index in [4.69, 9.17) is 9.47 Å². The average molecular weight is 360 g/mol. The Balaban J connectivity index is 1.64. The molecular formula is C15H15F3N2O3S. The number of nitrogens with zero attached hydrogens (tertiary/aromatic N) is 2. The number of hydrogen-bond donors (Lipinski definition) is 0. The second kappa shape index (κ2) is 5.96. The number of aromatic nitrogens is 2. The molecule has 130 valence electrons. The van der Waals surface area contributed by atoms with Crippen molar-refractivity contribution in [1.82, 2.24) is 9.97 Å². The van der Waals surface area contributed by atoms with Crippen LogP contribution in [0.1, 0.15) is 36.2 Å². The van der Waals surface area contributed by atoms with Crippen LogP contribution in [0.4, 0.5) is 13.2 Å². The Morgan fingerprint density at radius 3 is 2.75 bits per heavy atom. The van der Waals surface area contributed by atoms with Gasteiger partial charge in [0, 0.05) is 22.9 Å². The van der Waals surface area contributed by atoms with E-state index in [2.05, 4.69) is 9.97 Å². The molecule has 0 N–H and O–H groups in total. The number of Topliss-reactive ketones (excluding diaryl/α,β-unsaturated/α-hetero) is 1. The Bertz CT molecular complexity index is 683. The van der Waals surface area contributed by atoms with E-state index in [1.807, 2.05) is 0 Å². The zero-order valence-electron chi connectivity index (χ0n) is 12.6. The summed E-state index contributed by atoms with van der Waals surface area (Å²) in [7, 11) is 0. The van der Waals surface area contributed by atoms with Crippen LogP contribution in [0.5, 0.6) is 0 Å². The highest BCUT2D eigenvalue weighted by Gasteiger charge is 2.44. The number of fused-ring (bicyclic) bond motifs is 3. The highest BCUT2D eigenvalue weighted by atomic mass is 32.2. The van der Waals surface area contributed by atoms with E-state index in [1.165, 1.54) is 0 Å². The van der Waals surface area contributed by atoms with Gasteiger partial charge in [-0.25, -0.2) is 9.97 Å². The van der Waals surface area contributed by atoms with Crippen LogP contribution in [0.25, 0.3) is 0 Å². The molecule has 3 aliphatic rings. The highest BCUT2D eigenvalue weighted by molar-refractivity contribution is 7.99. The maximum absolute atomic E-state index is 13.3. The van der Waals surface area contributed by atoms with Crippen molar-refractivity contribution in [3.8, 4) is 0 Å². The van der Waals surface area contributed by atoms with Crippen molar-refractivity contribution in [3.05, 3.63) is 17.0 Å². The molecule has 1 aliphatic carbocycles. The molecule has 24 heavy (non-hydrogen) atoms. The summed E-state index contributed by atoms with van der Waals surface area (Å²) in [5.41, 5.74) is -0.133. The van der Waals surface area contributed by atoms with Gasteiger partial charge in [0.2, 0.25) is 6.29 Å². The van der Waals surface area contributed by atoms with Crippen LogP contribution >= 0.6 is 11.8 Å². The molecule has 4 rings (SSSR count). The number of hydrogen-bond acceptors (Lipinski definition) is 6. The number of thioether (sulfide) groups is 1. The molecule has 3 atom stereocenters. The molecule has 1 aromatic heterocycles. The van der Waals surface area contributed by atoms with Crippen LogP contribution in [-0.4, -0.2) is 40.0 Å². The predicted octanol–water partition coefficient (Wildman–Crippen LogP) is 2.55. The quantitative estimate of drug-likeness (QED) is 0.756. The number of aryl methyl sites for hydroxylation is 1. The second-order valence-electron chi connectivity index (χ2n) is 6.15. The summed E-state index contributed by atoms with van der Waals surface area (Å²) >= 11 is 1.08. The van der Waals surface area contributed by atoms with Crippen LogP contribution in [0.15, 0.2) is 5.16 Å². The maximum Gasteiger partial charge on any atom is 0.433 e. The summed E-state index contributed by atoms with van der Waals surface area (Å²) in [6.45, 7) is 0.269. The molecule has 5 nitrogen and oxygen atoms in total. The number of halogens is 3. The first-order chi connectivity index (χ1) is 11.4. The average Bonchev–Trinajstić information content (AvgIpc) is 2.97. The van der Waals surface area contributed by atoms with E-state index in [0.29, 0.717) is 18.5 Å². The molecule has 2 bridgehead atoms. The Morgan fingerprint density at radius 2 is 1.96 bits per heavy atom. The minimum absolute atomic E-state index is 0.0646. The first-order valence-corrected chi connectivity index (χ1v) is 8.73. The van der Waals surface area contributed by atoms with E-state index in [1.54, 1.807) is 0 Å². The monoisotopic (exact) mass is 360 g/mol. The topological polar surface area (TPSA) is 61.3 Å². The van der Waals surface area contributed by atoms with Crippen molar-refractivity contribution in [2.75, 3.05) is 6.61 Å². The number of ketones is 1. The van der Waals surface area contributed by atoms with Crippen molar-refractivity contribution in [1.29, 1.82) is 0 Å². The standard InChI is InChI=1S/C15H15F3N2O3S/c16-15(17,18)12-7-3-1-2-4-8(7)19-14(20-12)24-11-5-9(21)13-22-6-10(11)23-13/h10-11,13H,1-6H2/t10-,11+,13-/m0/s1. The third kappa shape index (κ3) is 2.93. The van der Waals surface area contributed by atoms with E-state index in [-0.39, 0.29) is 40.9 Å². The van der Waals surface area contributed by atoms with Gasteiger partial charge in [-0.15, -0.1) is 0 Å². The zero-order valence-corrected chi connectivity index (χ0v) is 13.5. The molecule has 2 fully saturated rings. The van der Waals surface area contributed by atoms with Crippen molar-refractivity contribution in [3.63, 3.8) is 0 Å². The molecule has 0 unspecified atom stereocenters. The van der Waals surface area contributed by atoms with E-state index in [9.17, 15) is 18.0 Å². The van der Waals surface area contributed by atoms with Gasteiger partial charge in [-0.05, 0) is 25.7 Å². The molecule has 0 amide bonds. The lowest BCUT2D eigenvalue weighted by Crippen LogP contribution is -2.37. The summed E-state index contributed by atoms with van der Waals surface area (Å²) in [5.74, 6) is -0.185. The highest BCUT2D eigenvalue weighted by Crippen LogP contribution is 2.39.